The Balaban J connectivity index is 1.37. The first-order valence-corrected chi connectivity index (χ1v) is 23.2. The second kappa shape index (κ2) is 28.1. The molecule has 4 aliphatic rings. The second-order valence-electron chi connectivity index (χ2n) is 17.8. The molecule has 2 atom stereocenters. The molecule has 56 heavy (non-hydrogen) atoms. The van der Waals surface area contributed by atoms with Gasteiger partial charge in [0, 0.05) is 19.4 Å². The number of nitrogens with zero attached hydrogens (tertiary/aromatic N) is 1. The standard InChI is InChI=1S/C46H81NO9/c1-5-9-11-13-14-16-21-37(20-15-12-10-6-2)33-53-42(48)22-17-18-23-43(49)54-34-41(36-56-45(51)52-25-19-24-47(7-3)8-4)35-55-44(50)32-46-29-38-26-39(30-46)28-40(27-38)31-46/h37-41H,5-36H2,1-4H3. The van der Waals surface area contributed by atoms with Crippen LogP contribution < -0.4 is 0 Å². The van der Waals surface area contributed by atoms with E-state index in [0.717, 1.165) is 69.5 Å². The Kier molecular flexibility index (Phi) is 24.1. The summed E-state index contributed by atoms with van der Waals surface area (Å²) >= 11 is 0. The summed E-state index contributed by atoms with van der Waals surface area (Å²) in [5.74, 6) is 1.33. The van der Waals surface area contributed by atoms with E-state index in [1.807, 2.05) is 0 Å². The number of hydrogen-bond donors (Lipinski definition) is 0. The summed E-state index contributed by atoms with van der Waals surface area (Å²) in [6, 6.07) is 0. The van der Waals surface area contributed by atoms with Crippen LogP contribution in [0.15, 0.2) is 0 Å². The number of carbonyl (C=O) groups excluding carboxylic acids is 4. The molecule has 0 aromatic rings. The molecule has 10 heteroatoms. The van der Waals surface area contributed by atoms with Gasteiger partial charge in [0.05, 0.1) is 25.6 Å². The molecule has 4 aliphatic carbocycles. The third-order valence-corrected chi connectivity index (χ3v) is 12.7. The topological polar surface area (TPSA) is 118 Å². The molecule has 0 aromatic heterocycles. The molecule has 0 N–H and O–H groups in total. The van der Waals surface area contributed by atoms with Crippen LogP contribution in [-0.2, 0) is 38.1 Å². The van der Waals surface area contributed by atoms with Crippen LogP contribution in [0, 0.1) is 35.0 Å². The Hall–Kier alpha value is -2.36. The maximum atomic E-state index is 13.2. The van der Waals surface area contributed by atoms with Crippen molar-refractivity contribution >= 4 is 24.1 Å². The Morgan fingerprint density at radius 3 is 1.54 bits per heavy atom. The minimum Gasteiger partial charge on any atom is -0.465 e. The first kappa shape index (κ1) is 48.0. The van der Waals surface area contributed by atoms with E-state index in [9.17, 15) is 19.2 Å². The van der Waals surface area contributed by atoms with Crippen molar-refractivity contribution in [2.75, 3.05) is 52.7 Å². The Morgan fingerprint density at radius 2 is 1.00 bits per heavy atom. The molecule has 4 bridgehead atoms. The molecule has 0 aliphatic heterocycles. The lowest BCUT2D eigenvalue weighted by Gasteiger charge is -2.56. The van der Waals surface area contributed by atoms with Crippen LogP contribution in [0.25, 0.3) is 0 Å². The van der Waals surface area contributed by atoms with E-state index in [1.165, 1.54) is 83.5 Å². The van der Waals surface area contributed by atoms with E-state index in [4.69, 9.17) is 23.7 Å². The van der Waals surface area contributed by atoms with Crippen LogP contribution in [0.3, 0.4) is 0 Å². The van der Waals surface area contributed by atoms with Crippen LogP contribution in [0.4, 0.5) is 4.79 Å². The Labute approximate surface area is 340 Å². The summed E-state index contributed by atoms with van der Waals surface area (Å²) < 4.78 is 27.7. The molecule has 4 saturated carbocycles. The van der Waals surface area contributed by atoms with Crippen LogP contribution in [0.1, 0.15) is 182 Å². The lowest BCUT2D eigenvalue weighted by molar-refractivity contribution is -0.156. The van der Waals surface area contributed by atoms with Gasteiger partial charge in [0.15, 0.2) is 0 Å². The molecule has 10 nitrogen and oxygen atoms in total. The van der Waals surface area contributed by atoms with Gasteiger partial charge in [-0.3, -0.25) is 14.4 Å². The minimum atomic E-state index is -0.780. The van der Waals surface area contributed by atoms with E-state index in [-0.39, 0.29) is 56.6 Å². The maximum absolute atomic E-state index is 13.2. The van der Waals surface area contributed by atoms with Crippen LogP contribution >= 0.6 is 0 Å². The van der Waals surface area contributed by atoms with Crippen molar-refractivity contribution in [1.82, 2.24) is 4.90 Å². The lowest BCUT2D eigenvalue weighted by atomic mass is 9.49. The number of unbranched alkanes of at least 4 members (excludes halogenated alkanes) is 9. The van der Waals surface area contributed by atoms with E-state index < -0.39 is 18.0 Å². The predicted octanol–water partition coefficient (Wildman–Crippen LogP) is 10.6. The molecule has 0 saturated heterocycles. The number of esters is 3. The van der Waals surface area contributed by atoms with E-state index in [1.54, 1.807) is 0 Å². The fourth-order valence-corrected chi connectivity index (χ4v) is 9.92. The highest BCUT2D eigenvalue weighted by atomic mass is 16.7. The number of carbonyl (C=O) groups is 4. The van der Waals surface area contributed by atoms with Gasteiger partial charge in [0.2, 0.25) is 0 Å². The zero-order valence-electron chi connectivity index (χ0n) is 36.1. The van der Waals surface area contributed by atoms with Crippen molar-refractivity contribution in [3.8, 4) is 0 Å². The van der Waals surface area contributed by atoms with Gasteiger partial charge >= 0.3 is 24.1 Å². The van der Waals surface area contributed by atoms with Gasteiger partial charge in [-0.25, -0.2) is 4.79 Å². The first-order valence-electron chi connectivity index (χ1n) is 23.2. The number of hydrogen-bond acceptors (Lipinski definition) is 10. The Bertz CT molecular complexity index is 1070. The van der Waals surface area contributed by atoms with Gasteiger partial charge in [-0.2, -0.15) is 0 Å². The van der Waals surface area contributed by atoms with Crippen LogP contribution in [0.5, 0.6) is 0 Å². The molecule has 0 radical (unpaired) electrons. The number of rotatable bonds is 33. The van der Waals surface area contributed by atoms with Crippen molar-refractivity contribution < 1.29 is 42.9 Å². The van der Waals surface area contributed by atoms with E-state index >= 15 is 0 Å². The summed E-state index contributed by atoms with van der Waals surface area (Å²) in [5, 5.41) is 0. The van der Waals surface area contributed by atoms with Gasteiger partial charge in [0.25, 0.3) is 0 Å². The SMILES string of the molecule is CCCCCCCCC(CCCCCC)COC(=O)CCCCC(=O)OCC(COC(=O)CC12CC3CC(CC(C3)C1)C2)COC(=O)OCCCN(CC)CC. The van der Waals surface area contributed by atoms with Crippen molar-refractivity contribution in [3.63, 3.8) is 0 Å². The maximum Gasteiger partial charge on any atom is 0.508 e. The molecular weight excluding hydrogens is 711 g/mol. The molecular formula is C46H81NO9. The molecule has 324 valence electrons. The third kappa shape index (κ3) is 19.9. The molecule has 0 heterocycles. The van der Waals surface area contributed by atoms with E-state index in [2.05, 4.69) is 32.6 Å². The summed E-state index contributed by atoms with van der Waals surface area (Å²) in [5.41, 5.74) is 0.0646. The van der Waals surface area contributed by atoms with Gasteiger partial charge < -0.3 is 28.6 Å². The normalized spacial score (nSPS) is 22.1. The zero-order valence-corrected chi connectivity index (χ0v) is 36.1. The van der Waals surface area contributed by atoms with Gasteiger partial charge in [-0.05, 0) is 113 Å². The van der Waals surface area contributed by atoms with E-state index in [0.29, 0.717) is 38.2 Å². The molecule has 4 rings (SSSR count). The first-order chi connectivity index (χ1) is 27.2. The monoisotopic (exact) mass is 792 g/mol. The predicted molar refractivity (Wildman–Crippen MR) is 220 cm³/mol. The highest BCUT2D eigenvalue weighted by molar-refractivity contribution is 5.71. The average molecular weight is 792 g/mol. The highest BCUT2D eigenvalue weighted by Crippen LogP contribution is 2.61. The highest BCUT2D eigenvalue weighted by Gasteiger charge is 2.51. The molecule has 2 unspecified atom stereocenters. The van der Waals surface area contributed by atoms with Gasteiger partial charge in [0.1, 0.15) is 19.8 Å². The number of ether oxygens (including phenoxy) is 5. The average Bonchev–Trinajstić information content (AvgIpc) is 3.17. The lowest BCUT2D eigenvalue weighted by Crippen LogP contribution is -2.47. The molecule has 0 amide bonds. The van der Waals surface area contributed by atoms with Gasteiger partial charge in [-0.1, -0.05) is 91.9 Å². The van der Waals surface area contributed by atoms with Crippen molar-refractivity contribution in [3.05, 3.63) is 0 Å². The Morgan fingerprint density at radius 1 is 0.536 bits per heavy atom. The smallest absolute Gasteiger partial charge is 0.465 e. The minimum absolute atomic E-state index is 0.00197. The molecule has 0 aromatic carbocycles. The quantitative estimate of drug-likeness (QED) is 0.0361. The summed E-state index contributed by atoms with van der Waals surface area (Å²) in [4.78, 5) is 53.1. The summed E-state index contributed by atoms with van der Waals surface area (Å²) in [6.45, 7) is 12.0. The molecule has 4 fully saturated rings. The van der Waals surface area contributed by atoms with Crippen LogP contribution in [-0.4, -0.2) is 81.6 Å². The summed E-state index contributed by atoms with van der Waals surface area (Å²) in [7, 11) is 0. The van der Waals surface area contributed by atoms with Crippen LogP contribution in [0.2, 0.25) is 0 Å². The fraction of sp³-hybridized carbons (Fsp3) is 0.913. The largest absolute Gasteiger partial charge is 0.508 e. The third-order valence-electron chi connectivity index (χ3n) is 12.7. The van der Waals surface area contributed by atoms with Crippen molar-refractivity contribution in [1.29, 1.82) is 0 Å². The van der Waals surface area contributed by atoms with Crippen molar-refractivity contribution in [2.24, 2.45) is 35.0 Å². The van der Waals surface area contributed by atoms with Crippen molar-refractivity contribution in [2.45, 2.75) is 182 Å². The second-order valence-corrected chi connectivity index (χ2v) is 17.8. The zero-order chi connectivity index (χ0) is 40.4. The summed E-state index contributed by atoms with van der Waals surface area (Å²) in [6.07, 6.45) is 23.9. The van der Waals surface area contributed by atoms with Gasteiger partial charge in [-0.15, -0.1) is 0 Å². The molecule has 0 spiro atoms. The fourth-order valence-electron chi connectivity index (χ4n) is 9.92.